The Morgan fingerprint density at radius 3 is 2.76 bits per heavy atom. The molecule has 1 unspecified atom stereocenters. The van der Waals surface area contributed by atoms with E-state index in [1.54, 1.807) is 17.0 Å². The summed E-state index contributed by atoms with van der Waals surface area (Å²) in [6, 6.07) is 5.98. The van der Waals surface area contributed by atoms with Gasteiger partial charge in [-0.1, -0.05) is 25.3 Å². The number of hydrogen-bond donors (Lipinski definition) is 1. The molecular formula is C19H26FN3O2. The lowest BCUT2D eigenvalue weighted by Gasteiger charge is -2.34. The Morgan fingerprint density at radius 2 is 2.08 bits per heavy atom. The van der Waals surface area contributed by atoms with Gasteiger partial charge in [-0.25, -0.2) is 9.18 Å². The third-order valence-electron chi connectivity index (χ3n) is 5.19. The Labute approximate surface area is 148 Å². The van der Waals surface area contributed by atoms with Crippen molar-refractivity contribution in [3.8, 4) is 0 Å². The first kappa shape index (κ1) is 17.7. The van der Waals surface area contributed by atoms with Gasteiger partial charge >= 0.3 is 6.03 Å². The maximum atomic E-state index is 13.4. The topological polar surface area (TPSA) is 52.7 Å². The lowest BCUT2D eigenvalue weighted by atomic mass is 9.94. The first-order valence-electron chi connectivity index (χ1n) is 9.21. The van der Waals surface area contributed by atoms with E-state index in [0.717, 1.165) is 12.8 Å². The molecule has 136 valence electrons. The van der Waals surface area contributed by atoms with Gasteiger partial charge in [-0.05, 0) is 38.0 Å². The van der Waals surface area contributed by atoms with Crippen LogP contribution in [-0.4, -0.2) is 42.0 Å². The van der Waals surface area contributed by atoms with Crippen molar-refractivity contribution in [2.45, 2.75) is 57.5 Å². The van der Waals surface area contributed by atoms with Gasteiger partial charge in [0, 0.05) is 31.2 Å². The Bertz CT molecular complexity index is 631. The molecule has 1 saturated carbocycles. The number of rotatable bonds is 4. The van der Waals surface area contributed by atoms with Crippen molar-refractivity contribution < 1.29 is 14.0 Å². The molecule has 5 nitrogen and oxygen atoms in total. The van der Waals surface area contributed by atoms with Gasteiger partial charge in [0.1, 0.15) is 5.82 Å². The van der Waals surface area contributed by atoms with Crippen molar-refractivity contribution >= 4 is 17.6 Å². The number of amides is 3. The number of halogens is 1. The van der Waals surface area contributed by atoms with E-state index < -0.39 is 0 Å². The summed E-state index contributed by atoms with van der Waals surface area (Å²) in [7, 11) is 0. The van der Waals surface area contributed by atoms with Crippen LogP contribution in [0.15, 0.2) is 24.3 Å². The van der Waals surface area contributed by atoms with E-state index in [0.29, 0.717) is 24.8 Å². The molecule has 1 aromatic carbocycles. The maximum absolute atomic E-state index is 13.4. The Morgan fingerprint density at radius 1 is 1.32 bits per heavy atom. The van der Waals surface area contributed by atoms with Gasteiger partial charge in [-0.3, -0.25) is 4.79 Å². The summed E-state index contributed by atoms with van der Waals surface area (Å²) in [4.78, 5) is 28.4. The van der Waals surface area contributed by atoms with Gasteiger partial charge in [0.25, 0.3) is 0 Å². The molecule has 0 bridgehead atoms. The average Bonchev–Trinajstić information content (AvgIpc) is 2.97. The molecule has 1 saturated heterocycles. The van der Waals surface area contributed by atoms with Crippen LogP contribution in [0.1, 0.15) is 45.4 Å². The summed E-state index contributed by atoms with van der Waals surface area (Å²) in [6.45, 7) is 3.05. The van der Waals surface area contributed by atoms with Crippen molar-refractivity contribution in [3.05, 3.63) is 30.1 Å². The molecule has 0 spiro atoms. The van der Waals surface area contributed by atoms with Gasteiger partial charge in [0.15, 0.2) is 0 Å². The molecule has 1 aliphatic carbocycles. The number of hydrogen-bond acceptors (Lipinski definition) is 2. The van der Waals surface area contributed by atoms with Gasteiger partial charge in [-0.15, -0.1) is 0 Å². The summed E-state index contributed by atoms with van der Waals surface area (Å²) >= 11 is 0. The highest BCUT2D eigenvalue weighted by atomic mass is 19.1. The van der Waals surface area contributed by atoms with Crippen molar-refractivity contribution in [1.82, 2.24) is 10.2 Å². The van der Waals surface area contributed by atoms with Crippen molar-refractivity contribution in [1.29, 1.82) is 0 Å². The SMILES string of the molecule is CCN(C(=O)NC1CC(=O)N(c2cccc(F)c2)C1)C1CCCCC1. The molecule has 3 amide bonds. The van der Waals surface area contributed by atoms with Crippen LogP contribution in [-0.2, 0) is 4.79 Å². The Balaban J connectivity index is 1.61. The van der Waals surface area contributed by atoms with E-state index in [4.69, 9.17) is 0 Å². The van der Waals surface area contributed by atoms with Crippen molar-refractivity contribution in [2.75, 3.05) is 18.0 Å². The fraction of sp³-hybridized carbons (Fsp3) is 0.579. The quantitative estimate of drug-likeness (QED) is 0.909. The molecule has 1 aliphatic heterocycles. The molecule has 6 heteroatoms. The highest BCUT2D eigenvalue weighted by Gasteiger charge is 2.33. The van der Waals surface area contributed by atoms with E-state index in [-0.39, 0.29) is 30.2 Å². The standard InChI is InChI=1S/C19H26FN3O2/c1-2-22(16-8-4-3-5-9-16)19(25)21-15-12-18(24)23(13-15)17-10-6-7-14(20)11-17/h6-7,10-11,15-16H,2-5,8-9,12-13H2,1H3,(H,21,25). The molecule has 1 aromatic rings. The first-order valence-corrected chi connectivity index (χ1v) is 9.21. The van der Waals surface area contributed by atoms with Gasteiger partial charge < -0.3 is 15.1 Å². The molecule has 0 aromatic heterocycles. The van der Waals surface area contributed by atoms with Crippen LogP contribution in [0.3, 0.4) is 0 Å². The second-order valence-corrected chi connectivity index (χ2v) is 6.91. The smallest absolute Gasteiger partial charge is 0.317 e. The van der Waals surface area contributed by atoms with Crippen LogP contribution >= 0.6 is 0 Å². The van der Waals surface area contributed by atoms with Crippen LogP contribution in [0, 0.1) is 5.82 Å². The number of urea groups is 1. The van der Waals surface area contributed by atoms with E-state index in [2.05, 4.69) is 5.32 Å². The minimum Gasteiger partial charge on any atom is -0.333 e. The highest BCUT2D eigenvalue weighted by molar-refractivity contribution is 5.96. The summed E-state index contributed by atoms with van der Waals surface area (Å²) in [5, 5.41) is 3.00. The average molecular weight is 347 g/mol. The zero-order valence-corrected chi connectivity index (χ0v) is 14.7. The molecular weight excluding hydrogens is 321 g/mol. The zero-order chi connectivity index (χ0) is 17.8. The number of anilines is 1. The number of nitrogens with one attached hydrogen (secondary N) is 1. The fourth-order valence-corrected chi connectivity index (χ4v) is 3.92. The second-order valence-electron chi connectivity index (χ2n) is 6.91. The molecule has 1 N–H and O–H groups in total. The minimum atomic E-state index is -0.368. The van der Waals surface area contributed by atoms with Crippen LogP contribution < -0.4 is 10.2 Å². The predicted molar refractivity (Wildman–Crippen MR) is 94.9 cm³/mol. The lowest BCUT2D eigenvalue weighted by Crippen LogP contribution is -2.50. The van der Waals surface area contributed by atoms with Gasteiger partial charge in [0.2, 0.25) is 5.91 Å². The summed E-state index contributed by atoms with van der Waals surface area (Å²) in [5.74, 6) is -0.455. The van der Waals surface area contributed by atoms with Gasteiger partial charge in [0.05, 0.1) is 6.04 Å². The third kappa shape index (κ3) is 4.11. The molecule has 2 aliphatic rings. The van der Waals surface area contributed by atoms with Gasteiger partial charge in [-0.2, -0.15) is 0 Å². The molecule has 3 rings (SSSR count). The van der Waals surface area contributed by atoms with Crippen LogP contribution in [0.2, 0.25) is 0 Å². The summed E-state index contributed by atoms with van der Waals surface area (Å²) in [5.41, 5.74) is 0.543. The van der Waals surface area contributed by atoms with E-state index in [1.807, 2.05) is 11.8 Å². The van der Waals surface area contributed by atoms with Crippen molar-refractivity contribution in [3.63, 3.8) is 0 Å². The Hall–Kier alpha value is -2.11. The molecule has 1 heterocycles. The molecule has 0 radical (unpaired) electrons. The lowest BCUT2D eigenvalue weighted by molar-refractivity contribution is -0.117. The van der Waals surface area contributed by atoms with E-state index >= 15 is 0 Å². The fourth-order valence-electron chi connectivity index (χ4n) is 3.92. The van der Waals surface area contributed by atoms with E-state index in [1.165, 1.54) is 31.4 Å². The van der Waals surface area contributed by atoms with E-state index in [9.17, 15) is 14.0 Å². The monoisotopic (exact) mass is 347 g/mol. The third-order valence-corrected chi connectivity index (χ3v) is 5.19. The largest absolute Gasteiger partial charge is 0.333 e. The van der Waals surface area contributed by atoms with Crippen LogP contribution in [0.5, 0.6) is 0 Å². The van der Waals surface area contributed by atoms with Crippen molar-refractivity contribution in [2.24, 2.45) is 0 Å². The maximum Gasteiger partial charge on any atom is 0.317 e. The zero-order valence-electron chi connectivity index (χ0n) is 14.7. The first-order chi connectivity index (χ1) is 12.1. The number of benzene rings is 1. The summed E-state index contributed by atoms with van der Waals surface area (Å²) in [6.07, 6.45) is 5.95. The molecule has 1 atom stereocenters. The van der Waals surface area contributed by atoms with Crippen LogP contribution in [0.25, 0.3) is 0 Å². The number of nitrogens with zero attached hydrogens (tertiary/aromatic N) is 2. The predicted octanol–water partition coefficient (Wildman–Crippen LogP) is 3.30. The molecule has 25 heavy (non-hydrogen) atoms. The second kappa shape index (κ2) is 7.85. The minimum absolute atomic E-state index is 0.0865. The highest BCUT2D eigenvalue weighted by Crippen LogP contribution is 2.24. The summed E-state index contributed by atoms with van der Waals surface area (Å²) < 4.78 is 13.4. The molecule has 2 fully saturated rings. The normalized spacial score (nSPS) is 21.4. The van der Waals surface area contributed by atoms with Crippen LogP contribution in [0.4, 0.5) is 14.9 Å². The Kier molecular flexibility index (Phi) is 5.56. The number of carbonyl (C=O) groups excluding carboxylic acids is 2. The number of carbonyl (C=O) groups is 2.